The Kier molecular flexibility index (Phi) is 11.6. The van der Waals surface area contributed by atoms with Gasteiger partial charge >= 0.3 is 6.18 Å². The van der Waals surface area contributed by atoms with Crippen LogP contribution in [0.1, 0.15) is 73.8 Å². The molecule has 1 aliphatic heterocycles. The first-order chi connectivity index (χ1) is 31.1. The standard InChI is InChI=1S/C44H45F3N8O8S2/c1-3-25-20-43(25,41(59)54-65(60,61)28-17-18-28)53-38(57)31-19-27(21-55(31)40(58)33(23-9-5-4-6-10-23)51-42-49-30(22-64-42)37(56)48-2)62-39-35-34(29-11-7-8-12-32(29)63-35)50-36(52-39)24-13-15-26(16-14-24)44(45,46)47/h3,7-8,11-16,22-23,25,27-28,31,33H,1,4-6,9-10,17-21H2,2H3,(H,48,56)(H,49,51)(H,53,57)(H,54,59)/t25-,27-,31+,33+,43-/m1/s1. The van der Waals surface area contributed by atoms with E-state index in [-0.39, 0.29) is 53.8 Å². The molecule has 0 spiro atoms. The molecule has 5 aromatic rings. The third kappa shape index (κ3) is 8.74. The molecule has 2 aromatic carbocycles. The van der Waals surface area contributed by atoms with Crippen LogP contribution in [0.4, 0.5) is 18.3 Å². The lowest BCUT2D eigenvalue weighted by Crippen LogP contribution is -2.58. The van der Waals surface area contributed by atoms with Crippen LogP contribution in [0.15, 0.2) is 71.0 Å². The minimum atomic E-state index is -4.57. The molecular formula is C44H45F3N8O8S2. The molecule has 1 saturated heterocycles. The Hall–Kier alpha value is -6.09. The SMILES string of the molecule is C=C[C@@H]1C[C@]1(NC(=O)[C@@H]1C[C@@H](Oc2nc(-c3ccc(C(F)(F)F)cc3)nc3c2oc2ccccc23)CN1C(=O)[C@@H](Nc1nc(C(=O)NC)cs1)C1CCCCC1)C(=O)NS(=O)(=O)C1CC1. The van der Waals surface area contributed by atoms with Crippen LogP contribution in [0, 0.1) is 11.8 Å². The number of likely N-dealkylation sites (tertiary alicyclic amines) is 1. The topological polar surface area (TPSA) is 215 Å². The van der Waals surface area contributed by atoms with Gasteiger partial charge in [0.1, 0.15) is 40.5 Å². The van der Waals surface area contributed by atoms with Gasteiger partial charge in [0.15, 0.2) is 11.0 Å². The Balaban J connectivity index is 1.07. The highest BCUT2D eigenvalue weighted by Crippen LogP contribution is 2.46. The Morgan fingerprint density at radius 1 is 1.02 bits per heavy atom. The molecule has 0 unspecified atom stereocenters. The molecule has 21 heteroatoms. The maximum Gasteiger partial charge on any atom is 0.416 e. The number of rotatable bonds is 14. The van der Waals surface area contributed by atoms with Crippen LogP contribution in [0.3, 0.4) is 0 Å². The number of benzene rings is 2. The first kappa shape index (κ1) is 44.1. The van der Waals surface area contributed by atoms with Crippen molar-refractivity contribution >= 4 is 72.2 Å². The third-order valence-electron chi connectivity index (χ3n) is 12.7. The molecule has 65 heavy (non-hydrogen) atoms. The summed E-state index contributed by atoms with van der Waals surface area (Å²) in [6.07, 6.45) is 0.833. The Morgan fingerprint density at radius 2 is 1.75 bits per heavy atom. The number of carbonyl (C=O) groups is 4. The maximum atomic E-state index is 15.2. The fourth-order valence-corrected chi connectivity index (χ4v) is 11.0. The number of fused-ring (bicyclic) bond motifs is 3. The summed E-state index contributed by atoms with van der Waals surface area (Å²) in [5.41, 5.74) is -1.20. The zero-order chi connectivity index (χ0) is 45.8. The highest BCUT2D eigenvalue weighted by molar-refractivity contribution is 7.91. The van der Waals surface area contributed by atoms with E-state index in [1.807, 2.05) is 0 Å². The molecule has 4 N–H and O–H groups in total. The summed E-state index contributed by atoms with van der Waals surface area (Å²) < 4.78 is 81.3. The highest BCUT2D eigenvalue weighted by atomic mass is 32.2. The van der Waals surface area contributed by atoms with Gasteiger partial charge in [-0.1, -0.05) is 49.6 Å². The first-order valence-corrected chi connectivity index (χ1v) is 23.8. The second-order valence-corrected chi connectivity index (χ2v) is 19.8. The zero-order valence-electron chi connectivity index (χ0n) is 35.0. The van der Waals surface area contributed by atoms with Gasteiger partial charge in [0.25, 0.3) is 17.7 Å². The van der Waals surface area contributed by atoms with Crippen LogP contribution in [0.5, 0.6) is 5.88 Å². The van der Waals surface area contributed by atoms with E-state index >= 15 is 4.79 Å². The van der Waals surface area contributed by atoms with Crippen molar-refractivity contribution in [2.24, 2.45) is 11.8 Å². The summed E-state index contributed by atoms with van der Waals surface area (Å²) in [4.78, 5) is 71.1. The van der Waals surface area contributed by atoms with Crippen molar-refractivity contribution < 1.29 is 49.9 Å². The molecule has 3 saturated carbocycles. The monoisotopic (exact) mass is 934 g/mol. The van der Waals surface area contributed by atoms with E-state index in [1.54, 1.807) is 29.6 Å². The number of nitrogens with zero attached hydrogens (tertiary/aromatic N) is 4. The van der Waals surface area contributed by atoms with Crippen molar-refractivity contribution in [3.8, 4) is 17.3 Å². The predicted octanol–water partition coefficient (Wildman–Crippen LogP) is 5.96. The summed E-state index contributed by atoms with van der Waals surface area (Å²) in [6.45, 7) is 3.63. The van der Waals surface area contributed by atoms with E-state index in [0.717, 1.165) is 42.7 Å². The number of thiazole rings is 1. The van der Waals surface area contributed by atoms with Crippen LogP contribution in [0.25, 0.3) is 33.5 Å². The molecule has 16 nitrogen and oxygen atoms in total. The number of para-hydroxylation sites is 1. The van der Waals surface area contributed by atoms with Crippen LogP contribution < -0.4 is 25.4 Å². The molecule has 4 heterocycles. The second kappa shape index (κ2) is 17.0. The fourth-order valence-electron chi connectivity index (χ4n) is 8.87. The first-order valence-electron chi connectivity index (χ1n) is 21.4. The smallest absolute Gasteiger partial charge is 0.416 e. The minimum absolute atomic E-state index is 0.0347. The van der Waals surface area contributed by atoms with Crippen LogP contribution >= 0.6 is 11.3 Å². The Morgan fingerprint density at radius 3 is 2.43 bits per heavy atom. The van der Waals surface area contributed by atoms with Crippen molar-refractivity contribution in [1.29, 1.82) is 0 Å². The van der Waals surface area contributed by atoms with Gasteiger partial charge in [-0.15, -0.1) is 17.9 Å². The molecule has 3 aromatic heterocycles. The molecule has 0 radical (unpaired) electrons. The van der Waals surface area contributed by atoms with Crippen molar-refractivity contribution in [3.63, 3.8) is 0 Å². The molecule has 4 aliphatic rings. The molecule has 3 aliphatic carbocycles. The Bertz CT molecular complexity index is 2810. The Labute approximate surface area is 374 Å². The largest absolute Gasteiger partial charge is 0.470 e. The lowest BCUT2D eigenvalue weighted by atomic mass is 9.83. The molecular weight excluding hydrogens is 890 g/mol. The molecule has 4 amide bonds. The van der Waals surface area contributed by atoms with E-state index in [1.165, 1.54) is 30.2 Å². The lowest BCUT2D eigenvalue weighted by molar-refractivity contribution is -0.141. The number of halogens is 3. The number of hydrogen-bond donors (Lipinski definition) is 4. The van der Waals surface area contributed by atoms with Gasteiger partial charge in [-0.05, 0) is 62.3 Å². The fraction of sp³-hybridized carbons (Fsp3) is 0.432. The van der Waals surface area contributed by atoms with Crippen molar-refractivity contribution in [2.45, 2.75) is 92.9 Å². The molecule has 4 fully saturated rings. The summed E-state index contributed by atoms with van der Waals surface area (Å²) in [7, 11) is -2.50. The third-order valence-corrected chi connectivity index (χ3v) is 15.3. The molecule has 342 valence electrons. The van der Waals surface area contributed by atoms with Gasteiger partial charge in [0.05, 0.1) is 17.4 Å². The predicted molar refractivity (Wildman–Crippen MR) is 233 cm³/mol. The van der Waals surface area contributed by atoms with Crippen molar-refractivity contribution in [1.82, 2.24) is 35.2 Å². The van der Waals surface area contributed by atoms with Gasteiger partial charge in [0, 0.05) is 35.7 Å². The van der Waals surface area contributed by atoms with Gasteiger partial charge in [0.2, 0.25) is 27.4 Å². The number of ether oxygens (including phenoxy) is 1. The van der Waals surface area contributed by atoms with Crippen molar-refractivity contribution in [3.05, 3.63) is 77.8 Å². The zero-order valence-corrected chi connectivity index (χ0v) is 36.7. The van der Waals surface area contributed by atoms with Crippen molar-refractivity contribution in [2.75, 3.05) is 18.9 Å². The molecule has 9 rings (SSSR count). The van der Waals surface area contributed by atoms with E-state index in [4.69, 9.17) is 9.15 Å². The van der Waals surface area contributed by atoms with Gasteiger partial charge in [-0.3, -0.25) is 23.9 Å². The van der Waals surface area contributed by atoms with Gasteiger partial charge < -0.3 is 30.0 Å². The number of carbonyl (C=O) groups excluding carboxylic acids is 4. The highest BCUT2D eigenvalue weighted by Gasteiger charge is 2.62. The van der Waals surface area contributed by atoms with Crippen LogP contribution in [-0.4, -0.2) is 94.5 Å². The second-order valence-electron chi connectivity index (χ2n) is 17.0. The van der Waals surface area contributed by atoms with Crippen LogP contribution in [-0.2, 0) is 30.6 Å². The number of amides is 4. The summed E-state index contributed by atoms with van der Waals surface area (Å²) in [5, 5.41) is 10.4. The number of anilines is 1. The summed E-state index contributed by atoms with van der Waals surface area (Å²) in [6, 6.07) is 9.20. The van der Waals surface area contributed by atoms with E-state index < -0.39 is 80.3 Å². The van der Waals surface area contributed by atoms with Gasteiger partial charge in [-0.25, -0.2) is 18.4 Å². The van der Waals surface area contributed by atoms with E-state index in [2.05, 4.69) is 42.2 Å². The number of aromatic nitrogens is 3. The number of alkyl halides is 3. The average molecular weight is 935 g/mol. The molecule has 5 atom stereocenters. The minimum Gasteiger partial charge on any atom is -0.470 e. The average Bonchev–Trinajstić information content (AvgIpc) is 4.13. The number of nitrogens with one attached hydrogen (secondary N) is 4. The maximum absolute atomic E-state index is 15.2. The normalized spacial score (nSPS) is 22.9. The van der Waals surface area contributed by atoms with E-state index in [0.29, 0.717) is 47.3 Å². The lowest BCUT2D eigenvalue weighted by Gasteiger charge is -2.34. The van der Waals surface area contributed by atoms with Crippen LogP contribution in [0.2, 0.25) is 0 Å². The van der Waals surface area contributed by atoms with E-state index in [9.17, 15) is 36.0 Å². The summed E-state index contributed by atoms with van der Waals surface area (Å²) >= 11 is 1.15. The number of furan rings is 1. The summed E-state index contributed by atoms with van der Waals surface area (Å²) in [5.74, 6) is -3.33. The molecule has 0 bridgehead atoms. The number of hydrogen-bond acceptors (Lipinski definition) is 13. The quantitative estimate of drug-likeness (QED) is 0.0951. The number of sulfonamides is 1. The van der Waals surface area contributed by atoms with Gasteiger partial charge in [-0.2, -0.15) is 18.2 Å².